The maximum absolute atomic E-state index is 13.1. The Morgan fingerprint density at radius 2 is 2.10 bits per heavy atom. The number of ether oxygens (including phenoxy) is 1. The monoisotopic (exact) mass is 457 g/mol. The standard InChI is InChI=1S/C23H24ClN3O3S/c24-17-8-9-19-20(13-17)26-23(27(22(19)29)14-18-7-4-12-30-18)31-15-21(28)25-11-10-16-5-2-1-3-6-16/h1-3,5-6,8-9,13,18H,4,7,10-12,14-15H2,(H,25,28). The van der Waals surface area contributed by atoms with Crippen molar-refractivity contribution in [3.8, 4) is 0 Å². The minimum absolute atomic E-state index is 0.0108. The first kappa shape index (κ1) is 21.9. The van der Waals surface area contributed by atoms with Crippen LogP contribution in [0.5, 0.6) is 0 Å². The first-order valence-electron chi connectivity index (χ1n) is 10.4. The predicted molar refractivity (Wildman–Crippen MR) is 124 cm³/mol. The fourth-order valence-electron chi connectivity index (χ4n) is 3.61. The number of aromatic nitrogens is 2. The Kier molecular flexibility index (Phi) is 7.27. The van der Waals surface area contributed by atoms with Crippen LogP contribution in [0.3, 0.4) is 0 Å². The molecule has 1 N–H and O–H groups in total. The molecule has 3 aromatic rings. The van der Waals surface area contributed by atoms with E-state index >= 15 is 0 Å². The molecule has 0 saturated carbocycles. The Bertz CT molecular complexity index is 1110. The van der Waals surface area contributed by atoms with Gasteiger partial charge in [0.15, 0.2) is 5.16 Å². The zero-order valence-electron chi connectivity index (χ0n) is 17.1. The molecule has 1 aliphatic rings. The summed E-state index contributed by atoms with van der Waals surface area (Å²) in [5.74, 6) is 0.0868. The van der Waals surface area contributed by atoms with Crippen LogP contribution in [0.1, 0.15) is 18.4 Å². The molecular formula is C23H24ClN3O3S. The van der Waals surface area contributed by atoms with Crippen molar-refractivity contribution in [1.29, 1.82) is 0 Å². The summed E-state index contributed by atoms with van der Waals surface area (Å²) in [4.78, 5) is 30.1. The summed E-state index contributed by atoms with van der Waals surface area (Å²) in [6.45, 7) is 1.71. The lowest BCUT2D eigenvalue weighted by atomic mass is 10.1. The number of amides is 1. The highest BCUT2D eigenvalue weighted by molar-refractivity contribution is 7.99. The first-order chi connectivity index (χ1) is 15.1. The molecular weight excluding hydrogens is 434 g/mol. The van der Waals surface area contributed by atoms with Gasteiger partial charge in [-0.15, -0.1) is 0 Å². The molecule has 1 fully saturated rings. The summed E-state index contributed by atoms with van der Waals surface area (Å²) in [6.07, 6.45) is 2.66. The maximum Gasteiger partial charge on any atom is 0.262 e. The molecule has 1 amide bonds. The lowest BCUT2D eigenvalue weighted by Gasteiger charge is -2.16. The number of benzene rings is 2. The average Bonchev–Trinajstić information content (AvgIpc) is 3.28. The number of rotatable bonds is 8. The van der Waals surface area contributed by atoms with Crippen LogP contribution in [0.4, 0.5) is 0 Å². The van der Waals surface area contributed by atoms with Crippen LogP contribution in [-0.2, 0) is 22.5 Å². The van der Waals surface area contributed by atoms with E-state index in [1.165, 1.54) is 17.3 Å². The second-order valence-corrected chi connectivity index (χ2v) is 8.86. The third-order valence-electron chi connectivity index (χ3n) is 5.20. The minimum Gasteiger partial charge on any atom is -0.376 e. The zero-order chi connectivity index (χ0) is 21.6. The fourth-order valence-corrected chi connectivity index (χ4v) is 4.61. The molecule has 1 unspecified atom stereocenters. The van der Waals surface area contributed by atoms with Gasteiger partial charge < -0.3 is 10.1 Å². The van der Waals surface area contributed by atoms with E-state index in [-0.39, 0.29) is 23.3 Å². The van der Waals surface area contributed by atoms with Crippen LogP contribution in [-0.4, -0.2) is 40.5 Å². The van der Waals surface area contributed by atoms with Crippen LogP contribution in [0, 0.1) is 0 Å². The van der Waals surface area contributed by atoms with Crippen molar-refractivity contribution in [2.45, 2.75) is 37.1 Å². The van der Waals surface area contributed by atoms with Gasteiger partial charge in [0.1, 0.15) is 0 Å². The average molecular weight is 458 g/mol. The smallest absolute Gasteiger partial charge is 0.262 e. The Morgan fingerprint density at radius 3 is 2.87 bits per heavy atom. The van der Waals surface area contributed by atoms with Gasteiger partial charge in [-0.3, -0.25) is 14.2 Å². The minimum atomic E-state index is -0.135. The van der Waals surface area contributed by atoms with Gasteiger partial charge in [0.05, 0.1) is 29.3 Å². The van der Waals surface area contributed by atoms with Crippen molar-refractivity contribution in [3.05, 3.63) is 69.5 Å². The van der Waals surface area contributed by atoms with E-state index in [1.807, 2.05) is 30.3 Å². The number of thioether (sulfide) groups is 1. The normalized spacial score (nSPS) is 16.0. The second-order valence-electron chi connectivity index (χ2n) is 7.48. The van der Waals surface area contributed by atoms with Crippen LogP contribution >= 0.6 is 23.4 Å². The van der Waals surface area contributed by atoms with E-state index in [0.717, 1.165) is 19.3 Å². The molecule has 0 bridgehead atoms. The molecule has 1 aliphatic heterocycles. The molecule has 1 atom stereocenters. The summed E-state index contributed by atoms with van der Waals surface area (Å²) in [5, 5.41) is 4.47. The van der Waals surface area contributed by atoms with Crippen molar-refractivity contribution < 1.29 is 9.53 Å². The largest absolute Gasteiger partial charge is 0.376 e. The SMILES string of the molecule is O=C(CSc1nc2cc(Cl)ccc2c(=O)n1CC1CCCO1)NCCc1ccccc1. The van der Waals surface area contributed by atoms with Crippen LogP contribution < -0.4 is 10.9 Å². The summed E-state index contributed by atoms with van der Waals surface area (Å²) in [7, 11) is 0. The summed E-state index contributed by atoms with van der Waals surface area (Å²) in [5.41, 5.74) is 1.58. The van der Waals surface area contributed by atoms with Gasteiger partial charge in [0.25, 0.3) is 5.56 Å². The van der Waals surface area contributed by atoms with Gasteiger partial charge in [-0.25, -0.2) is 4.98 Å². The predicted octanol–water partition coefficient (Wildman–Crippen LogP) is 3.68. The van der Waals surface area contributed by atoms with Crippen LogP contribution in [0.25, 0.3) is 10.9 Å². The Labute approximate surface area is 190 Å². The Balaban J connectivity index is 1.47. The highest BCUT2D eigenvalue weighted by Gasteiger charge is 2.20. The van der Waals surface area contributed by atoms with E-state index in [2.05, 4.69) is 10.3 Å². The van der Waals surface area contributed by atoms with Gasteiger partial charge in [-0.1, -0.05) is 53.7 Å². The third kappa shape index (κ3) is 5.67. The van der Waals surface area contributed by atoms with E-state index in [4.69, 9.17) is 16.3 Å². The van der Waals surface area contributed by atoms with Gasteiger partial charge in [-0.05, 0) is 43.0 Å². The number of carbonyl (C=O) groups excluding carboxylic acids is 1. The molecule has 4 rings (SSSR count). The number of hydrogen-bond donors (Lipinski definition) is 1. The highest BCUT2D eigenvalue weighted by Crippen LogP contribution is 2.22. The van der Waals surface area contributed by atoms with Crippen LogP contribution in [0.15, 0.2) is 58.5 Å². The molecule has 2 heterocycles. The molecule has 0 aliphatic carbocycles. The Morgan fingerprint density at radius 1 is 1.26 bits per heavy atom. The number of nitrogens with zero attached hydrogens (tertiary/aromatic N) is 2. The second kappa shape index (κ2) is 10.3. The van der Waals surface area contributed by atoms with Crippen molar-refractivity contribution in [2.24, 2.45) is 0 Å². The molecule has 31 heavy (non-hydrogen) atoms. The Hall–Kier alpha value is -2.35. The third-order valence-corrected chi connectivity index (χ3v) is 6.42. The number of nitrogens with one attached hydrogen (secondary N) is 1. The first-order valence-corrected chi connectivity index (χ1v) is 11.7. The highest BCUT2D eigenvalue weighted by atomic mass is 35.5. The van der Waals surface area contributed by atoms with Gasteiger partial charge in [0.2, 0.25) is 5.91 Å². The lowest BCUT2D eigenvalue weighted by Crippen LogP contribution is -2.30. The quantitative estimate of drug-likeness (QED) is 0.412. The van der Waals surface area contributed by atoms with Gasteiger partial charge in [-0.2, -0.15) is 0 Å². The molecule has 0 radical (unpaired) electrons. The van der Waals surface area contributed by atoms with E-state index < -0.39 is 0 Å². The van der Waals surface area contributed by atoms with Gasteiger partial charge in [0, 0.05) is 18.2 Å². The van der Waals surface area contributed by atoms with Crippen molar-refractivity contribution in [3.63, 3.8) is 0 Å². The molecule has 0 spiro atoms. The summed E-state index contributed by atoms with van der Waals surface area (Å²) < 4.78 is 7.35. The van der Waals surface area contributed by atoms with Crippen LogP contribution in [0.2, 0.25) is 5.02 Å². The molecule has 2 aromatic carbocycles. The molecule has 1 saturated heterocycles. The number of halogens is 1. The summed E-state index contributed by atoms with van der Waals surface area (Å²) in [6, 6.07) is 15.1. The van der Waals surface area contributed by atoms with E-state index in [0.29, 0.717) is 40.8 Å². The fraction of sp³-hybridized carbons (Fsp3) is 0.348. The topological polar surface area (TPSA) is 73.2 Å². The number of fused-ring (bicyclic) bond motifs is 1. The molecule has 162 valence electrons. The summed E-state index contributed by atoms with van der Waals surface area (Å²) >= 11 is 7.36. The molecule has 6 nitrogen and oxygen atoms in total. The van der Waals surface area contributed by atoms with E-state index in [9.17, 15) is 9.59 Å². The number of carbonyl (C=O) groups is 1. The van der Waals surface area contributed by atoms with Crippen molar-refractivity contribution in [1.82, 2.24) is 14.9 Å². The number of hydrogen-bond acceptors (Lipinski definition) is 5. The molecule has 1 aromatic heterocycles. The van der Waals surface area contributed by atoms with Crippen molar-refractivity contribution in [2.75, 3.05) is 18.9 Å². The van der Waals surface area contributed by atoms with Gasteiger partial charge >= 0.3 is 0 Å². The zero-order valence-corrected chi connectivity index (χ0v) is 18.6. The lowest BCUT2D eigenvalue weighted by molar-refractivity contribution is -0.118. The van der Waals surface area contributed by atoms with E-state index in [1.54, 1.807) is 22.8 Å². The molecule has 8 heteroatoms. The maximum atomic E-state index is 13.1. The van der Waals surface area contributed by atoms with Crippen molar-refractivity contribution >= 4 is 40.2 Å².